The number of anilines is 1. The van der Waals surface area contributed by atoms with Crippen molar-refractivity contribution in [3.8, 4) is 0 Å². The number of aryl methyl sites for hydroxylation is 2. The van der Waals surface area contributed by atoms with Crippen LogP contribution in [0.3, 0.4) is 0 Å². The Morgan fingerprint density at radius 2 is 2.05 bits per heavy atom. The molecule has 0 unspecified atom stereocenters. The standard InChI is InChI=1S/C16H18N2O2/c1-11-4-7-15(12(2)8-11)18-10-14-6-5-13(9-17-14)16(19)20-3/h4-9,18H,10H2,1-3H3. The van der Waals surface area contributed by atoms with Gasteiger partial charge in [0.15, 0.2) is 0 Å². The van der Waals surface area contributed by atoms with Gasteiger partial charge in [-0.1, -0.05) is 17.7 Å². The maximum atomic E-state index is 11.3. The highest BCUT2D eigenvalue weighted by Crippen LogP contribution is 2.16. The summed E-state index contributed by atoms with van der Waals surface area (Å²) < 4.78 is 4.64. The van der Waals surface area contributed by atoms with Gasteiger partial charge in [0.05, 0.1) is 24.9 Å². The molecular formula is C16H18N2O2. The van der Waals surface area contributed by atoms with E-state index in [9.17, 15) is 4.79 Å². The van der Waals surface area contributed by atoms with E-state index in [1.54, 1.807) is 6.07 Å². The normalized spacial score (nSPS) is 10.2. The molecule has 0 aliphatic heterocycles. The first kappa shape index (κ1) is 14.1. The number of nitrogens with zero attached hydrogens (tertiary/aromatic N) is 1. The average Bonchev–Trinajstić information content (AvgIpc) is 2.46. The second-order valence-corrected chi connectivity index (χ2v) is 4.70. The van der Waals surface area contributed by atoms with Crippen molar-refractivity contribution in [2.75, 3.05) is 12.4 Å². The van der Waals surface area contributed by atoms with E-state index >= 15 is 0 Å². The summed E-state index contributed by atoms with van der Waals surface area (Å²) in [5, 5.41) is 3.34. The topological polar surface area (TPSA) is 51.2 Å². The minimum Gasteiger partial charge on any atom is -0.465 e. The SMILES string of the molecule is COC(=O)c1ccc(CNc2ccc(C)cc2C)nc1. The first-order chi connectivity index (χ1) is 9.60. The van der Waals surface area contributed by atoms with Crippen LogP contribution in [0, 0.1) is 13.8 Å². The molecule has 4 heteroatoms. The fourth-order valence-corrected chi connectivity index (χ4v) is 1.97. The summed E-state index contributed by atoms with van der Waals surface area (Å²) in [5.74, 6) is -0.369. The predicted octanol–water partition coefficient (Wildman–Crippen LogP) is 3.10. The third-order valence-corrected chi connectivity index (χ3v) is 3.09. The highest BCUT2D eigenvalue weighted by molar-refractivity contribution is 5.88. The lowest BCUT2D eigenvalue weighted by Gasteiger charge is -2.10. The predicted molar refractivity (Wildman–Crippen MR) is 78.8 cm³/mol. The summed E-state index contributed by atoms with van der Waals surface area (Å²) in [4.78, 5) is 15.5. The summed E-state index contributed by atoms with van der Waals surface area (Å²) in [7, 11) is 1.36. The minimum absolute atomic E-state index is 0.369. The molecule has 0 saturated heterocycles. The smallest absolute Gasteiger partial charge is 0.339 e. The number of aromatic nitrogens is 1. The van der Waals surface area contributed by atoms with E-state index in [4.69, 9.17) is 0 Å². The quantitative estimate of drug-likeness (QED) is 0.867. The van der Waals surface area contributed by atoms with E-state index in [-0.39, 0.29) is 5.97 Å². The molecule has 0 radical (unpaired) electrons. The summed E-state index contributed by atoms with van der Waals surface area (Å²) in [5.41, 5.74) is 4.87. The van der Waals surface area contributed by atoms with Crippen molar-refractivity contribution in [1.29, 1.82) is 0 Å². The molecule has 1 N–H and O–H groups in total. The molecule has 0 amide bonds. The number of nitrogens with one attached hydrogen (secondary N) is 1. The van der Waals surface area contributed by atoms with Crippen molar-refractivity contribution < 1.29 is 9.53 Å². The van der Waals surface area contributed by atoms with Crippen molar-refractivity contribution in [2.45, 2.75) is 20.4 Å². The largest absolute Gasteiger partial charge is 0.465 e. The Kier molecular flexibility index (Phi) is 4.35. The Balaban J connectivity index is 2.02. The molecule has 104 valence electrons. The van der Waals surface area contributed by atoms with Crippen molar-refractivity contribution in [3.63, 3.8) is 0 Å². The molecule has 0 saturated carbocycles. The van der Waals surface area contributed by atoms with Gasteiger partial charge in [-0.25, -0.2) is 4.79 Å². The van der Waals surface area contributed by atoms with Crippen LogP contribution in [0.25, 0.3) is 0 Å². The fraction of sp³-hybridized carbons (Fsp3) is 0.250. The zero-order chi connectivity index (χ0) is 14.5. The summed E-state index contributed by atoms with van der Waals surface area (Å²) >= 11 is 0. The number of hydrogen-bond donors (Lipinski definition) is 1. The first-order valence-corrected chi connectivity index (χ1v) is 6.44. The highest BCUT2D eigenvalue weighted by atomic mass is 16.5. The summed E-state index contributed by atoms with van der Waals surface area (Å²) in [6, 6.07) is 9.81. The lowest BCUT2D eigenvalue weighted by molar-refractivity contribution is 0.0600. The van der Waals surface area contributed by atoms with Gasteiger partial charge in [0, 0.05) is 11.9 Å². The Morgan fingerprint density at radius 3 is 2.65 bits per heavy atom. The Bertz CT molecular complexity index is 606. The van der Waals surface area contributed by atoms with Crippen LogP contribution in [0.15, 0.2) is 36.5 Å². The zero-order valence-corrected chi connectivity index (χ0v) is 11.9. The van der Waals surface area contributed by atoms with Crippen LogP contribution in [-0.4, -0.2) is 18.1 Å². The van der Waals surface area contributed by atoms with Crippen LogP contribution >= 0.6 is 0 Å². The number of carbonyl (C=O) groups excluding carboxylic acids is 1. The number of ether oxygens (including phenoxy) is 1. The average molecular weight is 270 g/mol. The zero-order valence-electron chi connectivity index (χ0n) is 11.9. The number of pyridine rings is 1. The van der Waals surface area contributed by atoms with Crippen molar-refractivity contribution >= 4 is 11.7 Å². The number of methoxy groups -OCH3 is 1. The molecule has 0 bridgehead atoms. The van der Waals surface area contributed by atoms with Gasteiger partial charge in [0.1, 0.15) is 0 Å². The van der Waals surface area contributed by atoms with Gasteiger partial charge in [-0.15, -0.1) is 0 Å². The van der Waals surface area contributed by atoms with Crippen LogP contribution < -0.4 is 5.32 Å². The summed E-state index contributed by atoms with van der Waals surface area (Å²) in [6.07, 6.45) is 1.53. The molecule has 0 spiro atoms. The molecule has 1 aromatic carbocycles. The molecular weight excluding hydrogens is 252 g/mol. The van der Waals surface area contributed by atoms with Crippen LogP contribution in [-0.2, 0) is 11.3 Å². The Morgan fingerprint density at radius 1 is 1.25 bits per heavy atom. The van der Waals surface area contributed by atoms with E-state index in [0.717, 1.165) is 11.4 Å². The van der Waals surface area contributed by atoms with Gasteiger partial charge in [-0.3, -0.25) is 4.98 Å². The molecule has 0 aliphatic carbocycles. The van der Waals surface area contributed by atoms with Crippen LogP contribution in [0.5, 0.6) is 0 Å². The van der Waals surface area contributed by atoms with Gasteiger partial charge in [0.2, 0.25) is 0 Å². The molecule has 2 rings (SSSR count). The lowest BCUT2D eigenvalue weighted by Crippen LogP contribution is -2.06. The molecule has 0 fully saturated rings. The van der Waals surface area contributed by atoms with Crippen LogP contribution in [0.2, 0.25) is 0 Å². The monoisotopic (exact) mass is 270 g/mol. The van der Waals surface area contributed by atoms with Crippen LogP contribution in [0.1, 0.15) is 27.2 Å². The highest BCUT2D eigenvalue weighted by Gasteiger charge is 2.05. The number of esters is 1. The number of hydrogen-bond acceptors (Lipinski definition) is 4. The van der Waals surface area contributed by atoms with Gasteiger partial charge < -0.3 is 10.1 Å². The second-order valence-electron chi connectivity index (χ2n) is 4.70. The third kappa shape index (κ3) is 3.35. The van der Waals surface area contributed by atoms with E-state index in [1.807, 2.05) is 6.07 Å². The lowest BCUT2D eigenvalue weighted by atomic mass is 10.1. The maximum absolute atomic E-state index is 11.3. The van der Waals surface area contributed by atoms with Crippen molar-refractivity contribution in [1.82, 2.24) is 4.98 Å². The summed E-state index contributed by atoms with van der Waals surface area (Å²) in [6.45, 7) is 4.76. The van der Waals surface area contributed by atoms with E-state index in [1.165, 1.54) is 24.4 Å². The fourth-order valence-electron chi connectivity index (χ4n) is 1.97. The molecule has 1 aromatic heterocycles. The van der Waals surface area contributed by atoms with Gasteiger partial charge in [-0.05, 0) is 37.6 Å². The van der Waals surface area contributed by atoms with Gasteiger partial charge in [0.25, 0.3) is 0 Å². The van der Waals surface area contributed by atoms with E-state index in [0.29, 0.717) is 12.1 Å². The van der Waals surface area contributed by atoms with Gasteiger partial charge in [-0.2, -0.15) is 0 Å². The number of benzene rings is 1. The number of carbonyl (C=O) groups is 1. The molecule has 20 heavy (non-hydrogen) atoms. The first-order valence-electron chi connectivity index (χ1n) is 6.44. The third-order valence-electron chi connectivity index (χ3n) is 3.09. The second kappa shape index (κ2) is 6.19. The van der Waals surface area contributed by atoms with E-state index < -0.39 is 0 Å². The number of rotatable bonds is 4. The molecule has 1 heterocycles. The Hall–Kier alpha value is -2.36. The minimum atomic E-state index is -0.369. The van der Waals surface area contributed by atoms with Crippen molar-refractivity contribution in [2.24, 2.45) is 0 Å². The van der Waals surface area contributed by atoms with E-state index in [2.05, 4.69) is 47.1 Å². The Labute approximate surface area is 118 Å². The van der Waals surface area contributed by atoms with Crippen LogP contribution in [0.4, 0.5) is 5.69 Å². The molecule has 0 aliphatic rings. The van der Waals surface area contributed by atoms with Crippen molar-refractivity contribution in [3.05, 3.63) is 58.9 Å². The molecule has 4 nitrogen and oxygen atoms in total. The molecule has 2 aromatic rings. The molecule has 0 atom stereocenters. The van der Waals surface area contributed by atoms with Gasteiger partial charge >= 0.3 is 5.97 Å². The maximum Gasteiger partial charge on any atom is 0.339 e.